The number of carbonyl (C=O) groups excluding carboxylic acids is 1. The predicted octanol–water partition coefficient (Wildman–Crippen LogP) is 2.18. The Morgan fingerprint density at radius 1 is 1.50 bits per heavy atom. The second-order valence-corrected chi connectivity index (χ2v) is 3.41. The van der Waals surface area contributed by atoms with E-state index in [1.807, 2.05) is 0 Å². The number of nitrogens with zero attached hydrogens (tertiary/aromatic N) is 1. The summed E-state index contributed by atoms with van der Waals surface area (Å²) in [5.74, 6) is -0.317. The standard InChI is InChI=1S/C10H12F3NO2/c1-14-4-2-8(6-14)9(15)7-16-5-3-10(11,12)13/h2,4,6H,3,5,7H2,1H3. The molecule has 0 radical (unpaired) electrons. The molecule has 0 aromatic carbocycles. The first-order chi connectivity index (χ1) is 7.38. The van der Waals surface area contributed by atoms with Crippen molar-refractivity contribution in [3.05, 3.63) is 24.0 Å². The van der Waals surface area contributed by atoms with Crippen molar-refractivity contribution in [2.45, 2.75) is 12.6 Å². The first-order valence-electron chi connectivity index (χ1n) is 4.68. The molecule has 0 saturated heterocycles. The molecule has 6 heteroatoms. The van der Waals surface area contributed by atoms with E-state index in [4.69, 9.17) is 0 Å². The van der Waals surface area contributed by atoms with Crippen molar-refractivity contribution in [1.82, 2.24) is 4.57 Å². The summed E-state index contributed by atoms with van der Waals surface area (Å²) in [4.78, 5) is 11.4. The molecule has 0 amide bonds. The molecule has 0 spiro atoms. The predicted molar refractivity (Wildman–Crippen MR) is 51.2 cm³/mol. The van der Waals surface area contributed by atoms with Crippen molar-refractivity contribution in [1.29, 1.82) is 0 Å². The summed E-state index contributed by atoms with van der Waals surface area (Å²) in [6.07, 6.45) is -2.00. The Morgan fingerprint density at radius 2 is 2.19 bits per heavy atom. The summed E-state index contributed by atoms with van der Waals surface area (Å²) < 4.78 is 41.6. The SMILES string of the molecule is Cn1ccc(C(=O)COCCC(F)(F)F)c1. The van der Waals surface area contributed by atoms with E-state index in [9.17, 15) is 18.0 Å². The molecule has 0 atom stereocenters. The Kier molecular flexibility index (Phi) is 4.12. The molecule has 0 bridgehead atoms. The number of hydrogen-bond acceptors (Lipinski definition) is 2. The molecular formula is C10H12F3NO2. The van der Waals surface area contributed by atoms with E-state index in [0.717, 1.165) is 0 Å². The van der Waals surface area contributed by atoms with Gasteiger partial charge in [-0.15, -0.1) is 0 Å². The molecule has 0 aliphatic rings. The zero-order chi connectivity index (χ0) is 12.2. The molecule has 1 aromatic rings. The maximum Gasteiger partial charge on any atom is 0.391 e. The van der Waals surface area contributed by atoms with Crippen LogP contribution in [0.5, 0.6) is 0 Å². The van der Waals surface area contributed by atoms with Crippen LogP contribution < -0.4 is 0 Å². The molecule has 1 heterocycles. The Hall–Kier alpha value is -1.30. The van der Waals surface area contributed by atoms with Gasteiger partial charge in [-0.1, -0.05) is 0 Å². The monoisotopic (exact) mass is 235 g/mol. The lowest BCUT2D eigenvalue weighted by atomic mass is 10.2. The highest BCUT2D eigenvalue weighted by atomic mass is 19.4. The third-order valence-corrected chi connectivity index (χ3v) is 1.92. The van der Waals surface area contributed by atoms with Crippen molar-refractivity contribution >= 4 is 5.78 Å². The van der Waals surface area contributed by atoms with Crippen LogP contribution >= 0.6 is 0 Å². The van der Waals surface area contributed by atoms with Crippen LogP contribution in [0.1, 0.15) is 16.8 Å². The normalized spacial score (nSPS) is 11.8. The van der Waals surface area contributed by atoms with E-state index in [1.54, 1.807) is 30.1 Å². The zero-order valence-corrected chi connectivity index (χ0v) is 8.75. The summed E-state index contributed by atoms with van der Waals surface area (Å²) in [5, 5.41) is 0. The highest BCUT2D eigenvalue weighted by Gasteiger charge is 2.26. The highest BCUT2D eigenvalue weighted by molar-refractivity contribution is 5.96. The first-order valence-corrected chi connectivity index (χ1v) is 4.68. The minimum atomic E-state index is -4.24. The number of hydrogen-bond donors (Lipinski definition) is 0. The fourth-order valence-electron chi connectivity index (χ4n) is 1.10. The lowest BCUT2D eigenvalue weighted by Gasteiger charge is -2.06. The van der Waals surface area contributed by atoms with E-state index < -0.39 is 19.2 Å². The van der Waals surface area contributed by atoms with Crippen LogP contribution in [0.15, 0.2) is 18.5 Å². The van der Waals surface area contributed by atoms with Gasteiger partial charge in [0.2, 0.25) is 0 Å². The van der Waals surface area contributed by atoms with Gasteiger partial charge >= 0.3 is 6.18 Å². The molecule has 0 aliphatic heterocycles. The Bertz CT molecular complexity index is 357. The van der Waals surface area contributed by atoms with Gasteiger partial charge in [-0.05, 0) is 6.07 Å². The Balaban J connectivity index is 2.26. The van der Waals surface area contributed by atoms with Crippen molar-refractivity contribution in [2.75, 3.05) is 13.2 Å². The van der Waals surface area contributed by atoms with Crippen LogP contribution in [0.3, 0.4) is 0 Å². The second-order valence-electron chi connectivity index (χ2n) is 3.41. The topological polar surface area (TPSA) is 31.2 Å². The fourth-order valence-corrected chi connectivity index (χ4v) is 1.10. The van der Waals surface area contributed by atoms with E-state index in [0.29, 0.717) is 5.56 Å². The molecule has 1 aromatic heterocycles. The van der Waals surface area contributed by atoms with Crippen molar-refractivity contribution < 1.29 is 22.7 Å². The van der Waals surface area contributed by atoms with Crippen LogP contribution in [-0.2, 0) is 11.8 Å². The van der Waals surface area contributed by atoms with E-state index in [2.05, 4.69) is 4.74 Å². The van der Waals surface area contributed by atoms with Gasteiger partial charge in [-0.2, -0.15) is 13.2 Å². The summed E-state index contributed by atoms with van der Waals surface area (Å²) in [6.45, 7) is -0.803. The van der Waals surface area contributed by atoms with Crippen LogP contribution in [0.2, 0.25) is 0 Å². The number of alkyl halides is 3. The lowest BCUT2D eigenvalue weighted by Crippen LogP contribution is -2.15. The molecular weight excluding hydrogens is 223 g/mol. The van der Waals surface area contributed by atoms with Gasteiger partial charge in [0.05, 0.1) is 13.0 Å². The van der Waals surface area contributed by atoms with Crippen molar-refractivity contribution in [2.24, 2.45) is 7.05 Å². The van der Waals surface area contributed by atoms with Gasteiger partial charge in [0.15, 0.2) is 5.78 Å². The van der Waals surface area contributed by atoms with Crippen LogP contribution in [0.4, 0.5) is 13.2 Å². The summed E-state index contributed by atoms with van der Waals surface area (Å²) in [5.41, 5.74) is 0.439. The van der Waals surface area contributed by atoms with Crippen molar-refractivity contribution in [3.8, 4) is 0 Å². The number of aromatic nitrogens is 1. The summed E-state index contributed by atoms with van der Waals surface area (Å²) >= 11 is 0. The first kappa shape index (κ1) is 12.8. The number of ether oxygens (including phenoxy) is 1. The van der Waals surface area contributed by atoms with Crippen LogP contribution in [-0.4, -0.2) is 29.7 Å². The largest absolute Gasteiger partial charge is 0.391 e. The molecule has 0 aliphatic carbocycles. The fraction of sp³-hybridized carbons (Fsp3) is 0.500. The van der Waals surface area contributed by atoms with Gasteiger partial charge < -0.3 is 9.30 Å². The Morgan fingerprint density at radius 3 is 2.69 bits per heavy atom. The van der Waals surface area contributed by atoms with E-state index >= 15 is 0 Å². The molecule has 0 N–H and O–H groups in total. The second kappa shape index (κ2) is 5.16. The molecule has 0 saturated carbocycles. The molecule has 0 unspecified atom stereocenters. The van der Waals surface area contributed by atoms with Gasteiger partial charge in [-0.3, -0.25) is 4.79 Å². The molecule has 0 fully saturated rings. The average molecular weight is 235 g/mol. The van der Waals surface area contributed by atoms with Gasteiger partial charge in [0.1, 0.15) is 6.61 Å². The number of ketones is 1. The Labute approximate surface area is 90.8 Å². The number of carbonyl (C=O) groups is 1. The minimum Gasteiger partial charge on any atom is -0.373 e. The number of Topliss-reactive ketones (excluding diaryl/α,β-unsaturated/α-hetero) is 1. The van der Waals surface area contributed by atoms with E-state index in [1.165, 1.54) is 0 Å². The average Bonchev–Trinajstić information content (AvgIpc) is 2.57. The summed E-state index contributed by atoms with van der Waals surface area (Å²) in [7, 11) is 1.75. The minimum absolute atomic E-state index is 0.317. The number of aryl methyl sites for hydroxylation is 1. The zero-order valence-electron chi connectivity index (χ0n) is 8.75. The third kappa shape index (κ3) is 4.48. The number of rotatable bonds is 5. The van der Waals surface area contributed by atoms with Crippen molar-refractivity contribution in [3.63, 3.8) is 0 Å². The third-order valence-electron chi connectivity index (χ3n) is 1.92. The molecule has 3 nitrogen and oxygen atoms in total. The van der Waals surface area contributed by atoms with Gasteiger partial charge in [-0.25, -0.2) is 0 Å². The van der Waals surface area contributed by atoms with E-state index in [-0.39, 0.29) is 12.4 Å². The van der Waals surface area contributed by atoms with Crippen LogP contribution in [0, 0.1) is 0 Å². The smallest absolute Gasteiger partial charge is 0.373 e. The molecule has 1 rings (SSSR count). The summed E-state index contributed by atoms with van der Waals surface area (Å²) in [6, 6.07) is 1.59. The molecule has 16 heavy (non-hydrogen) atoms. The lowest BCUT2D eigenvalue weighted by molar-refractivity contribution is -0.144. The maximum absolute atomic E-state index is 11.7. The molecule has 90 valence electrons. The maximum atomic E-state index is 11.7. The quantitative estimate of drug-likeness (QED) is 0.578. The highest BCUT2D eigenvalue weighted by Crippen LogP contribution is 2.18. The van der Waals surface area contributed by atoms with Gasteiger partial charge in [0.25, 0.3) is 0 Å². The number of halogens is 3. The van der Waals surface area contributed by atoms with Gasteiger partial charge in [0, 0.05) is 25.0 Å². The van der Waals surface area contributed by atoms with Crippen LogP contribution in [0.25, 0.3) is 0 Å².